The predicted octanol–water partition coefficient (Wildman–Crippen LogP) is 3.49. The maximum absolute atomic E-state index is 12.2. The number of anilines is 2. The van der Waals surface area contributed by atoms with Crippen LogP contribution in [-0.4, -0.2) is 37.3 Å². The van der Waals surface area contributed by atoms with Gasteiger partial charge in [0, 0.05) is 35.9 Å². The van der Waals surface area contributed by atoms with Crippen molar-refractivity contribution in [1.29, 1.82) is 0 Å². The van der Waals surface area contributed by atoms with E-state index in [0.29, 0.717) is 24.3 Å². The molecule has 1 aliphatic carbocycles. The van der Waals surface area contributed by atoms with Crippen LogP contribution in [0.2, 0.25) is 0 Å². The second-order valence-electron chi connectivity index (χ2n) is 7.05. The summed E-state index contributed by atoms with van der Waals surface area (Å²) in [6, 6.07) is 10.2. The molecule has 0 aromatic heterocycles. The van der Waals surface area contributed by atoms with Gasteiger partial charge in [0.05, 0.1) is 0 Å². The van der Waals surface area contributed by atoms with Gasteiger partial charge in [0.25, 0.3) is 5.91 Å². The van der Waals surface area contributed by atoms with Crippen LogP contribution in [-0.2, 0) is 4.79 Å². The Kier molecular flexibility index (Phi) is 7.18. The fraction of sp³-hybridized carbons (Fsp3) is 0.286. The molecule has 2 aromatic rings. The molecule has 4 amide bonds. The zero-order chi connectivity index (χ0) is 23.1. The van der Waals surface area contributed by atoms with Gasteiger partial charge in [0.1, 0.15) is 5.75 Å². The zero-order valence-corrected chi connectivity index (χ0v) is 16.8. The zero-order valence-electron chi connectivity index (χ0n) is 16.8. The van der Waals surface area contributed by atoms with E-state index in [-0.39, 0.29) is 23.4 Å². The van der Waals surface area contributed by atoms with Gasteiger partial charge >= 0.3 is 12.4 Å². The van der Waals surface area contributed by atoms with Crippen molar-refractivity contribution in [3.8, 4) is 5.75 Å². The molecule has 1 fully saturated rings. The van der Waals surface area contributed by atoms with E-state index < -0.39 is 18.1 Å². The van der Waals surface area contributed by atoms with Crippen molar-refractivity contribution < 1.29 is 32.3 Å². The summed E-state index contributed by atoms with van der Waals surface area (Å²) in [6.45, 7) is 0.649. The van der Waals surface area contributed by atoms with E-state index >= 15 is 0 Å². The van der Waals surface area contributed by atoms with Crippen LogP contribution >= 0.6 is 0 Å². The smallest absolute Gasteiger partial charge is 0.406 e. The van der Waals surface area contributed by atoms with E-state index in [1.54, 1.807) is 0 Å². The Bertz CT molecular complexity index is 959. The van der Waals surface area contributed by atoms with Gasteiger partial charge in [0.2, 0.25) is 5.91 Å². The third-order valence-electron chi connectivity index (χ3n) is 4.41. The molecule has 170 valence electrons. The maximum Gasteiger partial charge on any atom is 0.573 e. The lowest BCUT2D eigenvalue weighted by molar-refractivity contribution is -0.274. The number of rotatable bonds is 8. The van der Waals surface area contributed by atoms with Gasteiger partial charge in [-0.1, -0.05) is 0 Å². The van der Waals surface area contributed by atoms with Crippen LogP contribution < -0.4 is 26.0 Å². The average molecular weight is 450 g/mol. The summed E-state index contributed by atoms with van der Waals surface area (Å²) in [4.78, 5) is 35.7. The first-order valence-corrected chi connectivity index (χ1v) is 9.79. The lowest BCUT2D eigenvalue weighted by atomic mass is 10.2. The summed E-state index contributed by atoms with van der Waals surface area (Å²) in [5.74, 6) is -0.588. The van der Waals surface area contributed by atoms with Gasteiger partial charge in [-0.2, -0.15) is 0 Å². The van der Waals surface area contributed by atoms with Crippen molar-refractivity contribution in [2.75, 3.05) is 23.7 Å². The molecule has 11 heteroatoms. The Hall–Kier alpha value is -3.76. The molecule has 0 atom stereocenters. The molecule has 0 aliphatic heterocycles. The van der Waals surface area contributed by atoms with Gasteiger partial charge < -0.3 is 26.0 Å². The molecule has 8 nitrogen and oxygen atoms in total. The van der Waals surface area contributed by atoms with E-state index in [2.05, 4.69) is 26.0 Å². The standard InChI is InChI=1S/C21H21F3N4O4/c22-21(23,24)32-17-9-7-16(8-10-17)28-20(31)27-15-5-3-14(4-6-15)19(30)26-12-11-25-18(29)13-1-2-13/h3-10,13H,1-2,11-12H2,(H,25,29)(H,26,30)(H2,27,28,31). The summed E-state index contributed by atoms with van der Waals surface area (Å²) in [7, 11) is 0. The number of ether oxygens (including phenoxy) is 1. The minimum Gasteiger partial charge on any atom is -0.406 e. The van der Waals surface area contributed by atoms with Gasteiger partial charge in [-0.05, 0) is 61.4 Å². The van der Waals surface area contributed by atoms with Gasteiger partial charge in [-0.25, -0.2) is 4.79 Å². The van der Waals surface area contributed by atoms with Crippen LogP contribution in [0.4, 0.5) is 29.3 Å². The number of benzene rings is 2. The Balaban J connectivity index is 1.41. The van der Waals surface area contributed by atoms with Crippen molar-refractivity contribution in [2.24, 2.45) is 5.92 Å². The molecule has 3 rings (SSSR count). The number of urea groups is 1. The molecule has 0 spiro atoms. The normalized spacial score (nSPS) is 13.1. The van der Waals surface area contributed by atoms with E-state index in [1.165, 1.54) is 36.4 Å². The van der Waals surface area contributed by atoms with E-state index in [1.807, 2.05) is 0 Å². The topological polar surface area (TPSA) is 109 Å². The molecule has 32 heavy (non-hydrogen) atoms. The fourth-order valence-corrected chi connectivity index (χ4v) is 2.69. The second kappa shape index (κ2) is 10.0. The molecule has 0 saturated heterocycles. The molecule has 2 aromatic carbocycles. The average Bonchev–Trinajstić information content (AvgIpc) is 3.57. The maximum atomic E-state index is 12.2. The van der Waals surface area contributed by atoms with E-state index in [0.717, 1.165) is 25.0 Å². The summed E-state index contributed by atoms with van der Waals surface area (Å²) in [6.07, 6.45) is -2.96. The number of hydrogen-bond donors (Lipinski definition) is 4. The number of carbonyl (C=O) groups is 3. The third kappa shape index (κ3) is 7.49. The second-order valence-corrected chi connectivity index (χ2v) is 7.05. The lowest BCUT2D eigenvalue weighted by Crippen LogP contribution is -2.35. The molecule has 1 saturated carbocycles. The number of halogens is 3. The minimum absolute atomic E-state index is 0.0125. The Morgan fingerprint density at radius 3 is 1.91 bits per heavy atom. The first-order chi connectivity index (χ1) is 15.2. The molecule has 0 radical (unpaired) electrons. The molecule has 0 heterocycles. The third-order valence-corrected chi connectivity index (χ3v) is 4.41. The van der Waals surface area contributed by atoms with Crippen LogP contribution in [0.1, 0.15) is 23.2 Å². The largest absolute Gasteiger partial charge is 0.573 e. The van der Waals surface area contributed by atoms with Crippen molar-refractivity contribution >= 4 is 29.2 Å². The Morgan fingerprint density at radius 1 is 0.844 bits per heavy atom. The fourth-order valence-electron chi connectivity index (χ4n) is 2.69. The highest BCUT2D eigenvalue weighted by molar-refractivity contribution is 6.00. The number of alkyl halides is 3. The molecule has 0 bridgehead atoms. The highest BCUT2D eigenvalue weighted by Gasteiger charge is 2.31. The van der Waals surface area contributed by atoms with Gasteiger partial charge in [-0.15, -0.1) is 13.2 Å². The van der Waals surface area contributed by atoms with Crippen LogP contribution in [0.15, 0.2) is 48.5 Å². The van der Waals surface area contributed by atoms with Crippen molar-refractivity contribution in [3.05, 3.63) is 54.1 Å². The number of carbonyl (C=O) groups excluding carboxylic acids is 3. The highest BCUT2D eigenvalue weighted by Crippen LogP contribution is 2.28. The SMILES string of the molecule is O=C(Nc1ccc(OC(F)(F)F)cc1)Nc1ccc(C(=O)NCCNC(=O)C2CC2)cc1. The van der Waals surface area contributed by atoms with Gasteiger partial charge in [-0.3, -0.25) is 9.59 Å². The Morgan fingerprint density at radius 2 is 1.38 bits per heavy atom. The summed E-state index contributed by atoms with van der Waals surface area (Å²) in [5.41, 5.74) is 1.05. The van der Waals surface area contributed by atoms with Crippen LogP contribution in [0, 0.1) is 5.92 Å². The van der Waals surface area contributed by atoms with Crippen molar-refractivity contribution in [3.63, 3.8) is 0 Å². The van der Waals surface area contributed by atoms with Crippen molar-refractivity contribution in [2.45, 2.75) is 19.2 Å². The summed E-state index contributed by atoms with van der Waals surface area (Å²) in [5, 5.41) is 10.5. The summed E-state index contributed by atoms with van der Waals surface area (Å²) >= 11 is 0. The summed E-state index contributed by atoms with van der Waals surface area (Å²) < 4.78 is 40.3. The molecular formula is C21H21F3N4O4. The first kappa shape index (κ1) is 22.9. The lowest BCUT2D eigenvalue weighted by Gasteiger charge is -2.11. The Labute approximate surface area is 181 Å². The molecule has 4 N–H and O–H groups in total. The minimum atomic E-state index is -4.79. The monoisotopic (exact) mass is 450 g/mol. The number of amides is 4. The van der Waals surface area contributed by atoms with Crippen LogP contribution in [0.25, 0.3) is 0 Å². The predicted molar refractivity (Wildman–Crippen MR) is 110 cm³/mol. The van der Waals surface area contributed by atoms with Crippen molar-refractivity contribution in [1.82, 2.24) is 10.6 Å². The number of hydrogen-bond acceptors (Lipinski definition) is 4. The van der Waals surface area contributed by atoms with Crippen LogP contribution in [0.5, 0.6) is 5.75 Å². The molecule has 0 unspecified atom stereocenters. The quantitative estimate of drug-likeness (QED) is 0.462. The molecule has 1 aliphatic rings. The first-order valence-electron chi connectivity index (χ1n) is 9.79. The van der Waals surface area contributed by atoms with Crippen LogP contribution in [0.3, 0.4) is 0 Å². The molecular weight excluding hydrogens is 429 g/mol. The van der Waals surface area contributed by atoms with E-state index in [4.69, 9.17) is 0 Å². The number of nitrogens with one attached hydrogen (secondary N) is 4. The highest BCUT2D eigenvalue weighted by atomic mass is 19.4. The van der Waals surface area contributed by atoms with Gasteiger partial charge in [0.15, 0.2) is 0 Å². The van der Waals surface area contributed by atoms with E-state index in [9.17, 15) is 27.6 Å².